The first kappa shape index (κ1) is 15.4. The number of nitrogens with one attached hydrogen (secondary N) is 1. The molecule has 1 aromatic heterocycles. The van der Waals surface area contributed by atoms with E-state index in [-0.39, 0.29) is 30.3 Å². The van der Waals surface area contributed by atoms with E-state index in [9.17, 15) is 4.79 Å². The number of aromatic amines is 1. The molecular formula is C15H16N2O3S. The number of rotatable bonds is 6. The van der Waals surface area contributed by atoms with Gasteiger partial charge in [-0.05, 0) is 17.8 Å². The van der Waals surface area contributed by atoms with E-state index in [1.165, 1.54) is 6.08 Å². The van der Waals surface area contributed by atoms with Crippen LogP contribution in [0.5, 0.6) is 0 Å². The summed E-state index contributed by atoms with van der Waals surface area (Å²) in [6.45, 7) is 3.95. The smallest absolute Gasteiger partial charge is 0.259 e. The monoisotopic (exact) mass is 304 g/mol. The number of H-pyrrole nitrogens is 1. The molecule has 21 heavy (non-hydrogen) atoms. The van der Waals surface area contributed by atoms with E-state index >= 15 is 0 Å². The van der Waals surface area contributed by atoms with E-state index in [1.807, 2.05) is 30.3 Å². The maximum atomic E-state index is 12.1. The lowest BCUT2D eigenvalue weighted by Crippen LogP contribution is -2.20. The van der Waals surface area contributed by atoms with Gasteiger partial charge in [-0.15, -0.1) is 0 Å². The molecule has 5 nitrogen and oxygen atoms in total. The highest BCUT2D eigenvalue weighted by molar-refractivity contribution is 7.71. The van der Waals surface area contributed by atoms with Gasteiger partial charge in [0.25, 0.3) is 5.56 Å². The van der Waals surface area contributed by atoms with Gasteiger partial charge in [-0.3, -0.25) is 14.3 Å². The van der Waals surface area contributed by atoms with Crippen molar-refractivity contribution in [1.29, 1.82) is 0 Å². The minimum atomic E-state index is -0.285. The lowest BCUT2D eigenvalue weighted by molar-refractivity contribution is 0.0475. The van der Waals surface area contributed by atoms with Crippen LogP contribution in [0.25, 0.3) is 17.3 Å². The van der Waals surface area contributed by atoms with Crippen LogP contribution >= 0.6 is 12.2 Å². The summed E-state index contributed by atoms with van der Waals surface area (Å²) in [5, 5.41) is 8.81. The number of ether oxygens (including phenoxy) is 1. The third kappa shape index (κ3) is 3.36. The number of hydrogen-bond donors (Lipinski definition) is 2. The Morgan fingerprint density at radius 3 is 2.71 bits per heavy atom. The summed E-state index contributed by atoms with van der Waals surface area (Å²) in [6, 6.07) is 9.43. The highest BCUT2D eigenvalue weighted by Crippen LogP contribution is 2.22. The highest BCUT2D eigenvalue weighted by atomic mass is 32.1. The van der Waals surface area contributed by atoms with Crippen LogP contribution in [-0.4, -0.2) is 27.9 Å². The number of aliphatic hydroxyl groups excluding tert-OH is 1. The molecule has 1 heterocycles. The molecule has 0 aliphatic carbocycles. The predicted octanol–water partition coefficient (Wildman–Crippen LogP) is 2.18. The lowest BCUT2D eigenvalue weighted by Gasteiger charge is -2.16. The van der Waals surface area contributed by atoms with Crippen molar-refractivity contribution in [3.63, 3.8) is 0 Å². The summed E-state index contributed by atoms with van der Waals surface area (Å²) in [7, 11) is 0. The Bertz CT molecular complexity index is 735. The minimum absolute atomic E-state index is 0.0777. The van der Waals surface area contributed by atoms with Gasteiger partial charge in [0, 0.05) is 0 Å². The van der Waals surface area contributed by atoms with Crippen LogP contribution in [0, 0.1) is 4.77 Å². The van der Waals surface area contributed by atoms with Crippen molar-refractivity contribution in [2.45, 2.75) is 6.73 Å². The Labute approximate surface area is 127 Å². The van der Waals surface area contributed by atoms with Gasteiger partial charge >= 0.3 is 0 Å². The standard InChI is InChI=1S/C15H16N2O3S/c1-2-12-13(11-6-4-3-5-7-11)17(10-20-9-8-18)15(21)16-14(12)19/h2-7,18H,1,8-10H2,(H,16,19,21). The van der Waals surface area contributed by atoms with E-state index in [0.717, 1.165) is 5.56 Å². The first-order chi connectivity index (χ1) is 10.2. The molecule has 0 aliphatic rings. The zero-order chi connectivity index (χ0) is 15.2. The van der Waals surface area contributed by atoms with Gasteiger partial charge in [0.1, 0.15) is 6.73 Å². The molecule has 0 fully saturated rings. The third-order valence-electron chi connectivity index (χ3n) is 2.94. The summed E-state index contributed by atoms with van der Waals surface area (Å²) in [6.07, 6.45) is 1.50. The first-order valence-corrected chi connectivity index (χ1v) is 6.83. The first-order valence-electron chi connectivity index (χ1n) is 6.42. The SMILES string of the molecule is C=Cc1c(-c2ccccc2)n(COCCO)c(=S)[nH]c1=O. The Balaban J connectivity index is 2.65. The van der Waals surface area contributed by atoms with Crippen molar-refractivity contribution < 1.29 is 9.84 Å². The summed E-state index contributed by atoms with van der Waals surface area (Å²) in [5.41, 5.74) is 1.64. The van der Waals surface area contributed by atoms with E-state index in [2.05, 4.69) is 11.6 Å². The van der Waals surface area contributed by atoms with Gasteiger partial charge in [0.2, 0.25) is 0 Å². The summed E-state index contributed by atoms with van der Waals surface area (Å²) in [5.74, 6) is 0. The van der Waals surface area contributed by atoms with Crippen LogP contribution in [0.1, 0.15) is 5.56 Å². The maximum Gasteiger partial charge on any atom is 0.259 e. The molecule has 0 saturated heterocycles. The fraction of sp³-hybridized carbons (Fsp3) is 0.200. The van der Waals surface area contributed by atoms with Crippen molar-refractivity contribution >= 4 is 18.3 Å². The average molecular weight is 304 g/mol. The topological polar surface area (TPSA) is 67.2 Å². The van der Waals surface area contributed by atoms with Crippen LogP contribution in [0.15, 0.2) is 41.7 Å². The number of aliphatic hydroxyl groups is 1. The molecule has 2 N–H and O–H groups in total. The average Bonchev–Trinajstić information content (AvgIpc) is 2.50. The van der Waals surface area contributed by atoms with Crippen LogP contribution in [0.2, 0.25) is 0 Å². The van der Waals surface area contributed by atoms with Crippen LogP contribution < -0.4 is 5.56 Å². The van der Waals surface area contributed by atoms with Gasteiger partial charge in [-0.25, -0.2) is 0 Å². The minimum Gasteiger partial charge on any atom is -0.394 e. The van der Waals surface area contributed by atoms with E-state index in [1.54, 1.807) is 4.57 Å². The predicted molar refractivity (Wildman–Crippen MR) is 84.5 cm³/mol. The molecule has 0 unspecified atom stereocenters. The molecule has 2 aromatic rings. The second kappa shape index (κ2) is 7.12. The highest BCUT2D eigenvalue weighted by Gasteiger charge is 2.13. The van der Waals surface area contributed by atoms with Crippen LogP contribution in [-0.2, 0) is 11.5 Å². The second-order valence-corrected chi connectivity index (χ2v) is 4.67. The summed E-state index contributed by atoms with van der Waals surface area (Å²) < 4.78 is 7.29. The van der Waals surface area contributed by atoms with E-state index in [0.29, 0.717) is 11.3 Å². The molecule has 0 atom stereocenters. The molecule has 2 rings (SSSR count). The fourth-order valence-electron chi connectivity index (χ4n) is 2.03. The van der Waals surface area contributed by atoms with Crippen molar-refractivity contribution in [2.75, 3.05) is 13.2 Å². The molecule has 0 amide bonds. The molecular weight excluding hydrogens is 288 g/mol. The van der Waals surface area contributed by atoms with Gasteiger partial charge in [0.05, 0.1) is 24.5 Å². The molecule has 0 spiro atoms. The number of benzene rings is 1. The van der Waals surface area contributed by atoms with Crippen molar-refractivity contribution in [2.24, 2.45) is 0 Å². The zero-order valence-electron chi connectivity index (χ0n) is 11.4. The van der Waals surface area contributed by atoms with Crippen molar-refractivity contribution in [1.82, 2.24) is 9.55 Å². The Morgan fingerprint density at radius 1 is 1.38 bits per heavy atom. The Kier molecular flexibility index (Phi) is 5.21. The molecule has 1 aromatic carbocycles. The van der Waals surface area contributed by atoms with Gasteiger partial charge in [-0.1, -0.05) is 43.0 Å². The van der Waals surface area contributed by atoms with Crippen molar-refractivity contribution in [3.8, 4) is 11.3 Å². The van der Waals surface area contributed by atoms with Crippen LogP contribution in [0.3, 0.4) is 0 Å². The Morgan fingerprint density at radius 2 is 2.10 bits per heavy atom. The third-order valence-corrected chi connectivity index (χ3v) is 3.27. The summed E-state index contributed by atoms with van der Waals surface area (Å²) in [4.78, 5) is 14.7. The van der Waals surface area contributed by atoms with Gasteiger partial charge in [-0.2, -0.15) is 0 Å². The van der Waals surface area contributed by atoms with Gasteiger partial charge in [0.15, 0.2) is 4.77 Å². The Hall–Kier alpha value is -2.02. The number of nitrogens with zero attached hydrogens (tertiary/aromatic N) is 1. The van der Waals surface area contributed by atoms with Crippen LogP contribution in [0.4, 0.5) is 0 Å². The molecule has 0 saturated carbocycles. The number of aromatic nitrogens is 2. The normalized spacial score (nSPS) is 10.5. The lowest BCUT2D eigenvalue weighted by atomic mass is 10.1. The van der Waals surface area contributed by atoms with E-state index < -0.39 is 0 Å². The molecule has 110 valence electrons. The maximum absolute atomic E-state index is 12.1. The largest absolute Gasteiger partial charge is 0.394 e. The second-order valence-electron chi connectivity index (χ2n) is 4.28. The molecule has 0 aliphatic heterocycles. The number of hydrogen-bond acceptors (Lipinski definition) is 4. The van der Waals surface area contributed by atoms with Gasteiger partial charge < -0.3 is 9.84 Å². The van der Waals surface area contributed by atoms with Crippen molar-refractivity contribution in [3.05, 3.63) is 57.6 Å². The quantitative estimate of drug-likeness (QED) is 0.634. The molecule has 6 heteroatoms. The fourth-order valence-corrected chi connectivity index (χ4v) is 2.26. The van der Waals surface area contributed by atoms with E-state index in [4.69, 9.17) is 22.1 Å². The molecule has 0 radical (unpaired) electrons. The summed E-state index contributed by atoms with van der Waals surface area (Å²) >= 11 is 5.21. The zero-order valence-corrected chi connectivity index (χ0v) is 12.2. The molecule has 0 bridgehead atoms.